The monoisotopic (exact) mass is 424 g/mol. The number of aldehydes is 1. The lowest BCUT2D eigenvalue weighted by Gasteiger charge is -2.08. The Bertz CT molecular complexity index is 706. The van der Waals surface area contributed by atoms with E-state index >= 15 is 0 Å². The van der Waals surface area contributed by atoms with Crippen molar-refractivity contribution in [1.29, 1.82) is 0 Å². The van der Waals surface area contributed by atoms with Crippen molar-refractivity contribution in [2.75, 3.05) is 48.4 Å². The van der Waals surface area contributed by atoms with Crippen LogP contribution in [0.25, 0.3) is 0 Å². The van der Waals surface area contributed by atoms with Crippen LogP contribution in [0.4, 0.5) is 0 Å². The Morgan fingerprint density at radius 2 is 1.21 bits per heavy atom. The van der Waals surface area contributed by atoms with Gasteiger partial charge < -0.3 is 28.8 Å². The van der Waals surface area contributed by atoms with Crippen molar-refractivity contribution in [1.82, 2.24) is 0 Å². The highest BCUT2D eigenvalue weighted by Gasteiger charge is 2.04. The second-order valence-electron chi connectivity index (χ2n) is 5.72. The van der Waals surface area contributed by atoms with Crippen LogP contribution in [0, 0.1) is 0 Å². The number of carbonyl (C=O) groups excluding carboxylic acids is 1. The highest BCUT2D eigenvalue weighted by molar-refractivity contribution is 7.35. The fourth-order valence-corrected chi connectivity index (χ4v) is 2.27. The Morgan fingerprint density at radius 1 is 0.793 bits per heavy atom. The first kappa shape index (κ1) is 26.7. The Balaban J connectivity index is 0.000000477. The van der Waals surface area contributed by atoms with E-state index in [0.29, 0.717) is 35.8 Å². The third-order valence-corrected chi connectivity index (χ3v) is 3.62. The molecule has 0 fully saturated rings. The summed E-state index contributed by atoms with van der Waals surface area (Å²) in [4.78, 5) is 10.3. The maximum absolute atomic E-state index is 10.3. The van der Waals surface area contributed by atoms with Gasteiger partial charge in [0.05, 0.1) is 28.4 Å². The molecule has 2 rings (SSSR count). The molecular weight excluding hydrogens is 391 g/mol. The molecule has 0 unspecified atom stereocenters. The van der Waals surface area contributed by atoms with Crippen LogP contribution in [-0.4, -0.2) is 59.8 Å². The SMILES string of the molecule is COc1ccc(CC=O)cc1OC.COc1ccc(CCO)cc1OC.CPC. The number of benzene rings is 2. The van der Waals surface area contributed by atoms with Gasteiger partial charge in [-0.3, -0.25) is 0 Å². The summed E-state index contributed by atoms with van der Waals surface area (Å²) in [6.45, 7) is 4.45. The second kappa shape index (κ2) is 16.6. The maximum Gasteiger partial charge on any atom is 0.161 e. The molecule has 29 heavy (non-hydrogen) atoms. The van der Waals surface area contributed by atoms with Gasteiger partial charge in [0, 0.05) is 13.0 Å². The first-order chi connectivity index (χ1) is 14.0. The first-order valence-corrected chi connectivity index (χ1v) is 11.1. The predicted molar refractivity (Wildman–Crippen MR) is 120 cm³/mol. The van der Waals surface area contributed by atoms with Gasteiger partial charge in [-0.15, -0.1) is 8.58 Å². The molecule has 7 heteroatoms. The third-order valence-electron chi connectivity index (χ3n) is 3.62. The lowest BCUT2D eigenvalue weighted by molar-refractivity contribution is -0.107. The van der Waals surface area contributed by atoms with Crippen LogP contribution in [0.5, 0.6) is 23.0 Å². The molecule has 0 aromatic heterocycles. The van der Waals surface area contributed by atoms with Crippen LogP contribution in [-0.2, 0) is 17.6 Å². The number of aliphatic hydroxyl groups is 1. The Hall–Kier alpha value is -2.30. The van der Waals surface area contributed by atoms with E-state index in [9.17, 15) is 4.79 Å². The summed E-state index contributed by atoms with van der Waals surface area (Å²) in [5.41, 5.74) is 1.97. The minimum Gasteiger partial charge on any atom is -0.493 e. The summed E-state index contributed by atoms with van der Waals surface area (Å²) in [5, 5.41) is 8.74. The highest BCUT2D eigenvalue weighted by Crippen LogP contribution is 2.28. The second-order valence-corrected chi connectivity index (χ2v) is 6.72. The molecule has 2 aromatic rings. The van der Waals surface area contributed by atoms with Crippen molar-refractivity contribution in [3.8, 4) is 23.0 Å². The molecule has 0 heterocycles. The van der Waals surface area contributed by atoms with Gasteiger partial charge >= 0.3 is 0 Å². The van der Waals surface area contributed by atoms with Crippen LogP contribution < -0.4 is 18.9 Å². The van der Waals surface area contributed by atoms with Crippen molar-refractivity contribution >= 4 is 14.9 Å². The molecule has 0 radical (unpaired) electrons. The van der Waals surface area contributed by atoms with E-state index in [4.69, 9.17) is 24.1 Å². The van der Waals surface area contributed by atoms with E-state index < -0.39 is 0 Å². The average molecular weight is 424 g/mol. The Kier molecular flexibility index (Phi) is 15.3. The number of hydrogen-bond donors (Lipinski definition) is 1. The van der Waals surface area contributed by atoms with Crippen LogP contribution in [0.15, 0.2) is 36.4 Å². The average Bonchev–Trinajstić information content (AvgIpc) is 2.75. The molecule has 0 aliphatic heterocycles. The van der Waals surface area contributed by atoms with Gasteiger partial charge in [-0.05, 0) is 55.1 Å². The zero-order chi connectivity index (χ0) is 22.1. The smallest absolute Gasteiger partial charge is 0.161 e. The molecule has 0 aliphatic rings. The highest BCUT2D eigenvalue weighted by atomic mass is 31.1. The van der Waals surface area contributed by atoms with Crippen LogP contribution in [0.1, 0.15) is 11.1 Å². The van der Waals surface area contributed by atoms with Gasteiger partial charge in [-0.25, -0.2) is 0 Å². The van der Waals surface area contributed by atoms with Crippen molar-refractivity contribution < 1.29 is 28.8 Å². The molecule has 2 aromatic carbocycles. The third kappa shape index (κ3) is 10.2. The number of ether oxygens (including phenoxy) is 4. The van der Waals surface area contributed by atoms with Crippen molar-refractivity contribution in [3.05, 3.63) is 47.5 Å². The molecule has 0 atom stereocenters. The molecule has 0 saturated heterocycles. The van der Waals surface area contributed by atoms with Crippen molar-refractivity contribution in [2.24, 2.45) is 0 Å². The molecule has 0 spiro atoms. The topological polar surface area (TPSA) is 74.2 Å². The predicted octanol–water partition coefficient (Wildman–Crippen LogP) is 3.61. The van der Waals surface area contributed by atoms with Crippen LogP contribution in [0.3, 0.4) is 0 Å². The normalized spacial score (nSPS) is 9.21. The largest absolute Gasteiger partial charge is 0.493 e. The molecule has 0 saturated carbocycles. The number of carbonyl (C=O) groups is 1. The van der Waals surface area contributed by atoms with Crippen LogP contribution >= 0.6 is 8.58 Å². The number of aliphatic hydroxyl groups excluding tert-OH is 1. The zero-order valence-corrected chi connectivity index (χ0v) is 19.2. The van der Waals surface area contributed by atoms with Gasteiger partial charge in [-0.2, -0.15) is 0 Å². The maximum atomic E-state index is 10.3. The van der Waals surface area contributed by atoms with Gasteiger partial charge in [0.25, 0.3) is 0 Å². The number of methoxy groups -OCH3 is 4. The summed E-state index contributed by atoms with van der Waals surface area (Å²) in [7, 11) is 7.43. The molecule has 1 N–H and O–H groups in total. The number of rotatable bonds is 8. The van der Waals surface area contributed by atoms with E-state index in [1.807, 2.05) is 24.3 Å². The van der Waals surface area contributed by atoms with Gasteiger partial charge in [0.15, 0.2) is 23.0 Å². The fraction of sp³-hybridized carbons (Fsp3) is 0.409. The summed E-state index contributed by atoms with van der Waals surface area (Å²) >= 11 is 0. The minimum absolute atomic E-state index is 0.148. The lowest BCUT2D eigenvalue weighted by Crippen LogP contribution is -1.94. The van der Waals surface area contributed by atoms with E-state index in [1.54, 1.807) is 40.6 Å². The van der Waals surface area contributed by atoms with Crippen LogP contribution in [0.2, 0.25) is 0 Å². The molecule has 0 bridgehead atoms. The van der Waals surface area contributed by atoms with Crippen molar-refractivity contribution in [2.45, 2.75) is 12.8 Å². The molecule has 0 aliphatic carbocycles. The van der Waals surface area contributed by atoms with Gasteiger partial charge in [0.1, 0.15) is 6.29 Å². The van der Waals surface area contributed by atoms with E-state index in [-0.39, 0.29) is 6.61 Å². The molecular formula is C22H33O6P. The minimum atomic E-state index is 0.148. The Morgan fingerprint density at radius 3 is 1.59 bits per heavy atom. The number of hydrogen-bond acceptors (Lipinski definition) is 6. The van der Waals surface area contributed by atoms with Gasteiger partial charge in [0.2, 0.25) is 0 Å². The van der Waals surface area contributed by atoms with E-state index in [1.165, 1.54) is 0 Å². The molecule has 0 amide bonds. The summed E-state index contributed by atoms with van der Waals surface area (Å²) in [6, 6.07) is 11.1. The summed E-state index contributed by atoms with van der Waals surface area (Å²) < 4.78 is 20.3. The Labute approximate surface area is 175 Å². The lowest BCUT2D eigenvalue weighted by atomic mass is 10.1. The van der Waals surface area contributed by atoms with E-state index in [2.05, 4.69) is 13.3 Å². The quantitative estimate of drug-likeness (QED) is 0.516. The first-order valence-electron chi connectivity index (χ1n) is 9.09. The van der Waals surface area contributed by atoms with Crippen molar-refractivity contribution in [3.63, 3.8) is 0 Å². The van der Waals surface area contributed by atoms with E-state index in [0.717, 1.165) is 26.0 Å². The zero-order valence-electron chi connectivity index (χ0n) is 18.2. The summed E-state index contributed by atoms with van der Waals surface area (Å²) in [5.74, 6) is 2.75. The standard InChI is InChI=1S/C10H14O3.C10H12O3.C2H7P/c2*1-12-9-4-3-8(5-6-11)7-10(9)13-2;1-3-2/h3-4,7,11H,5-6H2,1-2H3;3-4,6-7H,5H2,1-2H3;3H,1-2H3. The molecule has 162 valence electrons. The summed E-state index contributed by atoms with van der Waals surface area (Å²) in [6.07, 6.45) is 1.90. The molecule has 6 nitrogen and oxygen atoms in total. The van der Waals surface area contributed by atoms with Gasteiger partial charge in [-0.1, -0.05) is 12.1 Å². The fourth-order valence-electron chi connectivity index (χ4n) is 2.27.